The number of nitro groups is 1. The number of fused-ring (bicyclic) bond motifs is 4. The van der Waals surface area contributed by atoms with Crippen molar-refractivity contribution in [3.8, 4) is 5.75 Å². The van der Waals surface area contributed by atoms with Crippen molar-refractivity contribution in [2.45, 2.75) is 24.2 Å². The molecule has 260 valence electrons. The molecule has 2 fully saturated rings. The number of hydrogen-bond donors (Lipinski definition) is 1. The van der Waals surface area contributed by atoms with Gasteiger partial charge in [-0.1, -0.05) is 84.4 Å². The van der Waals surface area contributed by atoms with Gasteiger partial charge in [0.25, 0.3) is 5.69 Å². The van der Waals surface area contributed by atoms with Crippen LogP contribution in [0, 0.1) is 33.8 Å². The number of imide groups is 1. The van der Waals surface area contributed by atoms with E-state index in [9.17, 15) is 24.8 Å². The number of allylic oxidation sites excluding steroid dienone is 4. The molecule has 8 rings (SSSR count). The molecule has 0 bridgehead atoms. The highest BCUT2D eigenvalue weighted by Crippen LogP contribution is 2.63. The zero-order valence-electron chi connectivity index (χ0n) is 28.0. The summed E-state index contributed by atoms with van der Waals surface area (Å²) in [4.78, 5) is 70.6. The molecule has 1 saturated heterocycles. The van der Waals surface area contributed by atoms with E-state index in [1.807, 2.05) is 66.7 Å². The Balaban J connectivity index is 1.31. The van der Waals surface area contributed by atoms with Crippen LogP contribution >= 0.6 is 0 Å². The van der Waals surface area contributed by atoms with Gasteiger partial charge in [0.15, 0.2) is 11.6 Å². The van der Waals surface area contributed by atoms with E-state index < -0.39 is 51.7 Å². The van der Waals surface area contributed by atoms with Gasteiger partial charge in [-0.05, 0) is 65.8 Å². The van der Waals surface area contributed by atoms with Crippen LogP contribution in [0.2, 0.25) is 0 Å². The Kier molecular flexibility index (Phi) is 8.26. The molecule has 0 unspecified atom stereocenters. The molecule has 1 heterocycles. The van der Waals surface area contributed by atoms with Crippen molar-refractivity contribution in [2.75, 3.05) is 18.1 Å². The summed E-state index contributed by atoms with van der Waals surface area (Å²) in [5.74, 6) is -4.31. The first-order chi connectivity index (χ1) is 25.2. The summed E-state index contributed by atoms with van der Waals surface area (Å²) in [6, 6.07) is 31.1. The lowest BCUT2D eigenvalue weighted by molar-refractivity contribution is -0.384. The van der Waals surface area contributed by atoms with Gasteiger partial charge in [0.2, 0.25) is 11.8 Å². The van der Waals surface area contributed by atoms with Gasteiger partial charge in [-0.15, -0.1) is 0 Å². The maximum Gasteiger partial charge on any atom is 0.269 e. The molecule has 0 aromatic heterocycles. The van der Waals surface area contributed by atoms with Gasteiger partial charge in [-0.2, -0.15) is 0 Å². The van der Waals surface area contributed by atoms with E-state index in [2.05, 4.69) is 0 Å². The van der Waals surface area contributed by atoms with Crippen LogP contribution in [0.4, 0.5) is 11.4 Å². The minimum absolute atomic E-state index is 0.108. The molecule has 52 heavy (non-hydrogen) atoms. The van der Waals surface area contributed by atoms with Crippen LogP contribution in [0.1, 0.15) is 35.4 Å². The number of ether oxygens (including phenoxy) is 1. The van der Waals surface area contributed by atoms with Crippen molar-refractivity contribution in [3.63, 3.8) is 0 Å². The molecule has 10 heteroatoms. The second-order valence-corrected chi connectivity index (χ2v) is 13.7. The second kappa shape index (κ2) is 13.0. The third-order valence-corrected chi connectivity index (χ3v) is 11.3. The molecule has 4 aromatic carbocycles. The number of ketones is 2. The molecule has 10 nitrogen and oxygen atoms in total. The maximum absolute atomic E-state index is 15.1. The molecule has 6 atom stereocenters. The smallest absolute Gasteiger partial charge is 0.269 e. The van der Waals surface area contributed by atoms with Gasteiger partial charge < -0.3 is 9.84 Å². The van der Waals surface area contributed by atoms with E-state index in [4.69, 9.17) is 4.74 Å². The van der Waals surface area contributed by atoms with Crippen LogP contribution in [0.3, 0.4) is 0 Å². The quantitative estimate of drug-likeness (QED) is 0.102. The predicted octanol–water partition coefficient (Wildman–Crippen LogP) is 5.99. The highest BCUT2D eigenvalue weighted by molar-refractivity contribution is 6.32. The molecule has 2 amide bonds. The van der Waals surface area contributed by atoms with Crippen LogP contribution in [0.5, 0.6) is 5.75 Å². The van der Waals surface area contributed by atoms with Crippen LogP contribution < -0.4 is 9.64 Å². The lowest BCUT2D eigenvalue weighted by atomic mass is 9.44. The minimum atomic E-state index is -1.36. The maximum atomic E-state index is 15.1. The van der Waals surface area contributed by atoms with Crippen molar-refractivity contribution >= 4 is 40.3 Å². The lowest BCUT2D eigenvalue weighted by Gasteiger charge is -2.55. The number of amides is 2. The molecule has 0 spiro atoms. The average molecular weight is 695 g/mol. The van der Waals surface area contributed by atoms with Gasteiger partial charge >= 0.3 is 0 Å². The number of aliphatic hydroxyl groups excluding tert-OH is 1. The summed E-state index contributed by atoms with van der Waals surface area (Å²) < 4.78 is 5.66. The summed E-state index contributed by atoms with van der Waals surface area (Å²) in [6.45, 7) is -0.0484. The zero-order valence-corrected chi connectivity index (χ0v) is 28.0. The van der Waals surface area contributed by atoms with Crippen molar-refractivity contribution in [1.29, 1.82) is 0 Å². The number of carbonyl (C=O) groups is 4. The summed E-state index contributed by atoms with van der Waals surface area (Å²) in [7, 11) is 0. The van der Waals surface area contributed by atoms with E-state index in [1.54, 1.807) is 24.3 Å². The lowest BCUT2D eigenvalue weighted by Crippen LogP contribution is -2.58. The van der Waals surface area contributed by atoms with Crippen molar-refractivity contribution < 1.29 is 33.9 Å². The first kappa shape index (κ1) is 33.2. The van der Waals surface area contributed by atoms with Gasteiger partial charge in [0.1, 0.15) is 12.4 Å². The minimum Gasteiger partial charge on any atom is -0.491 e. The fourth-order valence-corrected chi connectivity index (χ4v) is 9.15. The van der Waals surface area contributed by atoms with E-state index >= 15 is 9.59 Å². The Morgan fingerprint density at radius 1 is 0.827 bits per heavy atom. The Bertz CT molecular complexity index is 2160. The van der Waals surface area contributed by atoms with Crippen LogP contribution in [0.25, 0.3) is 5.57 Å². The van der Waals surface area contributed by atoms with E-state index in [-0.39, 0.29) is 49.0 Å². The molecule has 1 saturated carbocycles. The molecule has 0 radical (unpaired) electrons. The number of benzene rings is 4. The van der Waals surface area contributed by atoms with Crippen molar-refractivity contribution in [1.82, 2.24) is 0 Å². The van der Waals surface area contributed by atoms with Gasteiger partial charge in [0.05, 0.1) is 34.5 Å². The fraction of sp³-hybridized carbons (Fsp3) is 0.238. The number of aliphatic hydroxyl groups is 1. The van der Waals surface area contributed by atoms with Crippen molar-refractivity contribution in [3.05, 3.63) is 154 Å². The van der Waals surface area contributed by atoms with Crippen molar-refractivity contribution in [2.24, 2.45) is 23.7 Å². The third kappa shape index (κ3) is 5.04. The Morgan fingerprint density at radius 2 is 1.50 bits per heavy atom. The number of carbonyl (C=O) groups excluding carboxylic acids is 4. The van der Waals surface area contributed by atoms with E-state index in [1.165, 1.54) is 30.3 Å². The largest absolute Gasteiger partial charge is 0.491 e. The predicted molar refractivity (Wildman–Crippen MR) is 191 cm³/mol. The standard InChI is InChI=1S/C42H34N2O8/c45-21-22-52-30-17-11-26(12-18-30)38-31-19-20-32-37(41(49)43(40(32)48)28-13-15-29(16-14-28)44(50)51)34(31)23-35-39(47)33(25-7-3-1-4-8-25)24-36(46)42(35,38)27-9-5-2-6-10-27/h1-19,24,32,34-35,37-38,45H,20-23H2/t32-,34+,35-,37-,38-,42-/m0/s1. The number of nitrogens with zero attached hydrogens (tertiary/aromatic N) is 2. The molecule has 1 aliphatic heterocycles. The summed E-state index contributed by atoms with van der Waals surface area (Å²) in [5.41, 5.74) is 1.94. The number of nitro benzene ring substituents is 1. The number of Topliss-reactive ketones (excluding diaryl/α,β-unsaturated/α-hetero) is 1. The molecule has 4 aromatic rings. The van der Waals surface area contributed by atoms with Gasteiger partial charge in [-0.25, -0.2) is 0 Å². The number of rotatable bonds is 8. The van der Waals surface area contributed by atoms with Crippen LogP contribution in [-0.4, -0.2) is 46.6 Å². The van der Waals surface area contributed by atoms with E-state index in [0.717, 1.165) is 16.0 Å². The number of non-ortho nitro benzene ring substituents is 1. The zero-order chi connectivity index (χ0) is 36.1. The third-order valence-electron chi connectivity index (χ3n) is 11.3. The number of hydrogen-bond acceptors (Lipinski definition) is 8. The highest BCUT2D eigenvalue weighted by atomic mass is 16.6. The van der Waals surface area contributed by atoms with Crippen LogP contribution in [0.15, 0.2) is 127 Å². The summed E-state index contributed by atoms with van der Waals surface area (Å²) >= 11 is 0. The van der Waals surface area contributed by atoms with E-state index in [0.29, 0.717) is 22.4 Å². The monoisotopic (exact) mass is 694 g/mol. The highest BCUT2D eigenvalue weighted by Gasteiger charge is 2.66. The Hall–Kier alpha value is -6.00. The molecule has 1 N–H and O–H groups in total. The first-order valence-electron chi connectivity index (χ1n) is 17.3. The second-order valence-electron chi connectivity index (χ2n) is 13.7. The normalized spacial score (nSPS) is 26.6. The van der Waals surface area contributed by atoms with Crippen LogP contribution in [-0.2, 0) is 24.6 Å². The molecular weight excluding hydrogens is 660 g/mol. The van der Waals surface area contributed by atoms with Gasteiger partial charge in [0, 0.05) is 29.5 Å². The molecular formula is C42H34N2O8. The Labute approximate surface area is 299 Å². The average Bonchev–Trinajstić information content (AvgIpc) is 3.44. The summed E-state index contributed by atoms with van der Waals surface area (Å²) in [5, 5.41) is 20.6. The topological polar surface area (TPSA) is 144 Å². The number of anilines is 1. The fourth-order valence-electron chi connectivity index (χ4n) is 9.15. The molecule has 4 aliphatic rings. The van der Waals surface area contributed by atoms with Gasteiger partial charge in [-0.3, -0.25) is 34.2 Å². The molecule has 3 aliphatic carbocycles. The summed E-state index contributed by atoms with van der Waals surface area (Å²) in [6.07, 6.45) is 3.89. The first-order valence-corrected chi connectivity index (χ1v) is 17.3. The Morgan fingerprint density at radius 3 is 2.15 bits per heavy atom. The SMILES string of the molecule is O=C1C(c2ccccc2)=CC(=O)[C@@]2(c3ccccc3)[C@@H](c3ccc(OCCO)cc3)C3=CC[C@@H]4C(=O)N(c5ccc([N+](=O)[O-])cc5)C(=O)[C@@H]4[C@@H]3C[C@@H]12.